The largest absolute Gasteiger partial charge is 0.324 e. The number of carbonyl (C=O) groups excluding carboxylic acids is 2. The van der Waals surface area contributed by atoms with E-state index in [9.17, 15) is 18.0 Å². The van der Waals surface area contributed by atoms with E-state index in [1.807, 2.05) is 43.3 Å². The van der Waals surface area contributed by atoms with Gasteiger partial charge in [0.2, 0.25) is 5.91 Å². The molecule has 0 spiro atoms. The summed E-state index contributed by atoms with van der Waals surface area (Å²) in [6, 6.07) is 13.8. The van der Waals surface area contributed by atoms with Crippen LogP contribution in [0.4, 0.5) is 5.69 Å². The third-order valence-electron chi connectivity index (χ3n) is 4.95. The van der Waals surface area contributed by atoms with Gasteiger partial charge in [0.15, 0.2) is 0 Å². The quantitative estimate of drug-likeness (QED) is 0.774. The van der Waals surface area contributed by atoms with Crippen LogP contribution in [0.3, 0.4) is 0 Å². The summed E-state index contributed by atoms with van der Waals surface area (Å²) in [5.41, 5.74) is 3.07. The molecular weight excluding hydrogens is 376 g/mol. The zero-order valence-corrected chi connectivity index (χ0v) is 16.8. The zero-order chi connectivity index (χ0) is 20.3. The second-order valence-corrected chi connectivity index (χ2v) is 9.28. The van der Waals surface area contributed by atoms with Crippen molar-refractivity contribution in [2.75, 3.05) is 17.3 Å². The first-order valence-corrected chi connectivity index (χ1v) is 11.3. The van der Waals surface area contributed by atoms with Crippen molar-refractivity contribution in [2.45, 2.75) is 32.4 Å². The molecule has 0 aliphatic carbocycles. The Morgan fingerprint density at radius 1 is 1.14 bits per heavy atom. The van der Waals surface area contributed by atoms with Crippen molar-refractivity contribution in [3.05, 3.63) is 65.2 Å². The number of hydrogen-bond acceptors (Lipinski definition) is 4. The SMILES string of the molecule is CCc1ccccc1NC(=O)C(CCS(C)(=O)=O)N1Cc2ccccc2C1=O. The molecule has 2 amide bonds. The van der Waals surface area contributed by atoms with Crippen molar-refractivity contribution in [3.63, 3.8) is 0 Å². The van der Waals surface area contributed by atoms with Gasteiger partial charge in [0.1, 0.15) is 15.9 Å². The predicted octanol–water partition coefficient (Wildman–Crippen LogP) is 2.65. The van der Waals surface area contributed by atoms with Gasteiger partial charge in [0.05, 0.1) is 5.75 Å². The average Bonchev–Trinajstić information content (AvgIpc) is 2.98. The fourth-order valence-corrected chi connectivity index (χ4v) is 4.10. The Hall–Kier alpha value is -2.67. The van der Waals surface area contributed by atoms with E-state index in [2.05, 4.69) is 5.32 Å². The molecule has 1 N–H and O–H groups in total. The molecule has 1 aliphatic rings. The van der Waals surface area contributed by atoms with Gasteiger partial charge >= 0.3 is 0 Å². The number of nitrogens with zero attached hydrogens (tertiary/aromatic N) is 1. The van der Waals surface area contributed by atoms with Gasteiger partial charge in [0.25, 0.3) is 5.91 Å². The Morgan fingerprint density at radius 3 is 2.50 bits per heavy atom. The fourth-order valence-electron chi connectivity index (χ4n) is 3.45. The number of fused-ring (bicyclic) bond motifs is 1. The smallest absolute Gasteiger partial charge is 0.255 e. The molecule has 2 aromatic rings. The van der Waals surface area contributed by atoms with Crippen molar-refractivity contribution in [3.8, 4) is 0 Å². The van der Waals surface area contributed by atoms with E-state index in [1.165, 1.54) is 4.90 Å². The number of hydrogen-bond donors (Lipinski definition) is 1. The van der Waals surface area contributed by atoms with Crippen LogP contribution in [0.2, 0.25) is 0 Å². The van der Waals surface area contributed by atoms with E-state index >= 15 is 0 Å². The first-order valence-electron chi connectivity index (χ1n) is 9.25. The molecule has 1 heterocycles. The van der Waals surface area contributed by atoms with Crippen LogP contribution in [0.5, 0.6) is 0 Å². The lowest BCUT2D eigenvalue weighted by molar-refractivity contribution is -0.120. The average molecular weight is 401 g/mol. The second kappa shape index (κ2) is 8.14. The maximum Gasteiger partial charge on any atom is 0.255 e. The van der Waals surface area contributed by atoms with Crippen LogP contribution in [0.1, 0.15) is 34.8 Å². The van der Waals surface area contributed by atoms with Gasteiger partial charge in [-0.3, -0.25) is 9.59 Å². The fraction of sp³-hybridized carbons (Fsp3) is 0.333. The molecule has 7 heteroatoms. The lowest BCUT2D eigenvalue weighted by atomic mass is 10.1. The molecule has 28 heavy (non-hydrogen) atoms. The summed E-state index contributed by atoms with van der Waals surface area (Å²) in [4.78, 5) is 27.4. The van der Waals surface area contributed by atoms with Crippen LogP contribution < -0.4 is 5.32 Å². The summed E-state index contributed by atoms with van der Waals surface area (Å²) in [7, 11) is -3.27. The Kier molecular flexibility index (Phi) is 5.84. The summed E-state index contributed by atoms with van der Waals surface area (Å²) in [6.07, 6.45) is 1.94. The molecule has 2 aromatic carbocycles. The first-order chi connectivity index (χ1) is 13.3. The summed E-state index contributed by atoms with van der Waals surface area (Å²) in [5.74, 6) is -0.778. The second-order valence-electron chi connectivity index (χ2n) is 7.02. The lowest BCUT2D eigenvalue weighted by Crippen LogP contribution is -2.45. The molecule has 0 fully saturated rings. The Morgan fingerprint density at radius 2 is 1.82 bits per heavy atom. The monoisotopic (exact) mass is 400 g/mol. The molecule has 0 bridgehead atoms. The minimum atomic E-state index is -3.27. The molecule has 1 aliphatic heterocycles. The van der Waals surface area contributed by atoms with Crippen LogP contribution in [0.15, 0.2) is 48.5 Å². The molecule has 3 rings (SSSR count). The number of carbonyl (C=O) groups is 2. The van der Waals surface area contributed by atoms with Crippen molar-refractivity contribution in [1.82, 2.24) is 4.90 Å². The molecule has 1 unspecified atom stereocenters. The summed E-state index contributed by atoms with van der Waals surface area (Å²) < 4.78 is 23.4. The van der Waals surface area contributed by atoms with Crippen molar-refractivity contribution in [2.24, 2.45) is 0 Å². The Labute approximate surface area is 165 Å². The van der Waals surface area contributed by atoms with Crippen molar-refractivity contribution >= 4 is 27.3 Å². The number of nitrogens with one attached hydrogen (secondary N) is 1. The van der Waals surface area contributed by atoms with Crippen LogP contribution in [0.25, 0.3) is 0 Å². The highest BCUT2D eigenvalue weighted by Gasteiger charge is 2.36. The molecule has 148 valence electrons. The molecule has 0 aromatic heterocycles. The van der Waals surface area contributed by atoms with Crippen molar-refractivity contribution < 1.29 is 18.0 Å². The number of amides is 2. The molecule has 0 radical (unpaired) electrons. The number of aryl methyl sites for hydroxylation is 1. The molecule has 1 atom stereocenters. The van der Waals surface area contributed by atoms with Gasteiger partial charge in [-0.15, -0.1) is 0 Å². The van der Waals surface area contributed by atoms with Gasteiger partial charge in [-0.2, -0.15) is 0 Å². The van der Waals surface area contributed by atoms with Crippen LogP contribution in [-0.4, -0.2) is 43.2 Å². The number of para-hydroxylation sites is 1. The van der Waals surface area contributed by atoms with E-state index in [4.69, 9.17) is 0 Å². The summed E-state index contributed by atoms with van der Waals surface area (Å²) in [6.45, 7) is 2.29. The van der Waals surface area contributed by atoms with E-state index in [1.54, 1.807) is 12.1 Å². The minimum Gasteiger partial charge on any atom is -0.324 e. The van der Waals surface area contributed by atoms with E-state index in [0.717, 1.165) is 23.8 Å². The van der Waals surface area contributed by atoms with Gasteiger partial charge in [0, 0.05) is 24.1 Å². The highest BCUT2D eigenvalue weighted by atomic mass is 32.2. The number of anilines is 1. The number of benzene rings is 2. The number of sulfone groups is 1. The van der Waals surface area contributed by atoms with E-state index < -0.39 is 15.9 Å². The lowest BCUT2D eigenvalue weighted by Gasteiger charge is -2.27. The summed E-state index contributed by atoms with van der Waals surface area (Å²) >= 11 is 0. The van der Waals surface area contributed by atoms with Gasteiger partial charge in [-0.25, -0.2) is 8.42 Å². The van der Waals surface area contributed by atoms with Gasteiger partial charge in [-0.1, -0.05) is 43.3 Å². The highest BCUT2D eigenvalue weighted by molar-refractivity contribution is 7.90. The Bertz CT molecular complexity index is 1000. The third-order valence-corrected chi connectivity index (χ3v) is 5.92. The van der Waals surface area contributed by atoms with E-state index in [-0.39, 0.29) is 24.0 Å². The van der Waals surface area contributed by atoms with Crippen LogP contribution >= 0.6 is 0 Å². The van der Waals surface area contributed by atoms with E-state index in [0.29, 0.717) is 17.8 Å². The summed E-state index contributed by atoms with van der Waals surface area (Å²) in [5, 5.41) is 2.89. The molecule has 6 nitrogen and oxygen atoms in total. The van der Waals surface area contributed by atoms with Gasteiger partial charge in [-0.05, 0) is 36.1 Å². The van der Waals surface area contributed by atoms with Crippen LogP contribution in [-0.2, 0) is 27.6 Å². The topological polar surface area (TPSA) is 83.6 Å². The molecule has 0 saturated carbocycles. The normalized spacial score (nSPS) is 14.6. The zero-order valence-electron chi connectivity index (χ0n) is 16.0. The molecule has 0 saturated heterocycles. The first kappa shape index (κ1) is 20.1. The maximum atomic E-state index is 13.1. The minimum absolute atomic E-state index is 0.0543. The van der Waals surface area contributed by atoms with Crippen LogP contribution in [0, 0.1) is 0 Å². The Balaban J connectivity index is 1.87. The van der Waals surface area contributed by atoms with Crippen molar-refractivity contribution in [1.29, 1.82) is 0 Å². The highest BCUT2D eigenvalue weighted by Crippen LogP contribution is 2.27. The standard InChI is InChI=1S/C21H24N2O4S/c1-3-15-8-5-7-11-18(15)22-20(24)19(12-13-28(2,26)27)23-14-16-9-4-6-10-17(16)21(23)25/h4-11,19H,3,12-14H2,1-2H3,(H,22,24). The maximum absolute atomic E-state index is 13.1. The predicted molar refractivity (Wildman–Crippen MR) is 109 cm³/mol. The third kappa shape index (κ3) is 4.42. The van der Waals surface area contributed by atoms with Gasteiger partial charge < -0.3 is 10.2 Å². The molecular formula is C21H24N2O4S. The number of rotatable bonds is 7.